The van der Waals surface area contributed by atoms with Gasteiger partial charge in [0, 0.05) is 6.92 Å². The van der Waals surface area contributed by atoms with Crippen molar-refractivity contribution in [3.63, 3.8) is 0 Å². The van der Waals surface area contributed by atoms with Crippen LogP contribution >= 0.6 is 0 Å². The normalized spacial score (nSPS) is 12.2. The van der Waals surface area contributed by atoms with Gasteiger partial charge >= 0.3 is 5.97 Å². The van der Waals surface area contributed by atoms with E-state index in [-0.39, 0.29) is 11.5 Å². The molecule has 0 fully saturated rings. The van der Waals surface area contributed by atoms with Crippen LogP contribution in [0.15, 0.2) is 18.2 Å². The van der Waals surface area contributed by atoms with E-state index in [9.17, 15) is 9.90 Å². The van der Waals surface area contributed by atoms with Crippen molar-refractivity contribution < 1.29 is 14.6 Å². The van der Waals surface area contributed by atoms with Gasteiger partial charge in [-0.2, -0.15) is 0 Å². The van der Waals surface area contributed by atoms with Crippen LogP contribution in [0.3, 0.4) is 0 Å². The molecule has 1 unspecified atom stereocenters. The minimum Gasteiger partial charge on any atom is -0.504 e. The summed E-state index contributed by atoms with van der Waals surface area (Å²) in [6, 6.07) is 5.14. The second kappa shape index (κ2) is 4.82. The number of ether oxygens (including phenoxy) is 1. The number of hydrogen-bond acceptors (Lipinski definition) is 3. The zero-order valence-corrected chi connectivity index (χ0v) is 9.28. The van der Waals surface area contributed by atoms with E-state index in [4.69, 9.17) is 4.74 Å². The molecule has 15 heavy (non-hydrogen) atoms. The average molecular weight is 208 g/mol. The zero-order valence-electron chi connectivity index (χ0n) is 9.28. The first-order chi connectivity index (χ1) is 7.04. The van der Waals surface area contributed by atoms with Gasteiger partial charge in [0.05, 0.1) is 0 Å². The Morgan fingerprint density at radius 1 is 1.53 bits per heavy atom. The van der Waals surface area contributed by atoms with Gasteiger partial charge in [0.15, 0.2) is 11.5 Å². The maximum Gasteiger partial charge on any atom is 0.308 e. The van der Waals surface area contributed by atoms with Crippen LogP contribution in [0, 0.1) is 0 Å². The predicted octanol–water partition coefficient (Wildman–Crippen LogP) is 2.83. The lowest BCUT2D eigenvalue weighted by Gasteiger charge is -2.11. The molecule has 0 spiro atoms. The first-order valence-electron chi connectivity index (χ1n) is 5.06. The Labute approximate surface area is 89.7 Å². The summed E-state index contributed by atoms with van der Waals surface area (Å²) in [5.41, 5.74) is 1.05. The highest BCUT2D eigenvalue weighted by Gasteiger charge is 2.09. The first kappa shape index (κ1) is 11.6. The number of phenols is 1. The van der Waals surface area contributed by atoms with Crippen LogP contribution in [0.2, 0.25) is 0 Å². The summed E-state index contributed by atoms with van der Waals surface area (Å²) in [5, 5.41) is 9.61. The number of hydrogen-bond donors (Lipinski definition) is 1. The maximum absolute atomic E-state index is 10.7. The monoisotopic (exact) mass is 208 g/mol. The molecule has 0 saturated carbocycles. The van der Waals surface area contributed by atoms with Crippen molar-refractivity contribution in [1.82, 2.24) is 0 Å². The zero-order chi connectivity index (χ0) is 11.4. The molecule has 0 heterocycles. The molecule has 1 N–H and O–H groups in total. The van der Waals surface area contributed by atoms with Crippen LogP contribution in [0.25, 0.3) is 0 Å². The molecular formula is C12H16O3. The minimum absolute atomic E-state index is 0.0167. The first-order valence-corrected chi connectivity index (χ1v) is 5.06. The van der Waals surface area contributed by atoms with E-state index in [1.54, 1.807) is 12.1 Å². The fourth-order valence-corrected chi connectivity index (χ4v) is 1.32. The van der Waals surface area contributed by atoms with Gasteiger partial charge in [0.1, 0.15) is 0 Å². The molecular weight excluding hydrogens is 192 g/mol. The van der Waals surface area contributed by atoms with Gasteiger partial charge in [-0.05, 0) is 30.0 Å². The number of benzene rings is 1. The summed E-state index contributed by atoms with van der Waals surface area (Å²) in [6.45, 7) is 5.48. The van der Waals surface area contributed by atoms with Crippen LogP contribution in [-0.2, 0) is 4.79 Å². The molecule has 0 aliphatic heterocycles. The van der Waals surface area contributed by atoms with Crippen LogP contribution < -0.4 is 4.74 Å². The molecule has 0 bridgehead atoms. The predicted molar refractivity (Wildman–Crippen MR) is 58.1 cm³/mol. The lowest BCUT2D eigenvalue weighted by atomic mass is 9.98. The van der Waals surface area contributed by atoms with E-state index in [2.05, 4.69) is 13.8 Å². The van der Waals surface area contributed by atoms with Gasteiger partial charge in [-0.1, -0.05) is 19.9 Å². The third kappa shape index (κ3) is 2.98. The number of aromatic hydroxyl groups is 1. The molecule has 0 amide bonds. The van der Waals surface area contributed by atoms with Crippen LogP contribution in [-0.4, -0.2) is 11.1 Å². The van der Waals surface area contributed by atoms with Crippen molar-refractivity contribution >= 4 is 5.97 Å². The van der Waals surface area contributed by atoms with Crippen molar-refractivity contribution in [2.24, 2.45) is 0 Å². The summed E-state index contributed by atoms with van der Waals surface area (Å²) < 4.78 is 4.82. The van der Waals surface area contributed by atoms with Gasteiger partial charge in [-0.15, -0.1) is 0 Å². The molecule has 1 aromatic rings. The third-order valence-electron chi connectivity index (χ3n) is 2.42. The minimum atomic E-state index is -0.429. The molecule has 1 aromatic carbocycles. The fourth-order valence-electron chi connectivity index (χ4n) is 1.32. The molecule has 0 aliphatic carbocycles. The van der Waals surface area contributed by atoms with E-state index in [1.165, 1.54) is 6.92 Å². The number of rotatable bonds is 3. The van der Waals surface area contributed by atoms with E-state index in [0.717, 1.165) is 12.0 Å². The quantitative estimate of drug-likeness (QED) is 0.613. The van der Waals surface area contributed by atoms with Gasteiger partial charge in [-0.25, -0.2) is 0 Å². The van der Waals surface area contributed by atoms with Gasteiger partial charge in [0.2, 0.25) is 0 Å². The molecule has 0 saturated heterocycles. The molecule has 0 aliphatic rings. The average Bonchev–Trinajstić information content (AvgIpc) is 2.19. The highest BCUT2D eigenvalue weighted by atomic mass is 16.5. The van der Waals surface area contributed by atoms with E-state index >= 15 is 0 Å². The van der Waals surface area contributed by atoms with Gasteiger partial charge in [0.25, 0.3) is 0 Å². The lowest BCUT2D eigenvalue weighted by Crippen LogP contribution is -2.02. The molecule has 82 valence electrons. The number of carbonyl (C=O) groups is 1. The van der Waals surface area contributed by atoms with Crippen LogP contribution in [0.4, 0.5) is 0 Å². The largest absolute Gasteiger partial charge is 0.504 e. The van der Waals surface area contributed by atoms with Crippen molar-refractivity contribution in [2.75, 3.05) is 0 Å². The van der Waals surface area contributed by atoms with Crippen molar-refractivity contribution in [2.45, 2.75) is 33.1 Å². The summed E-state index contributed by atoms with van der Waals surface area (Å²) in [7, 11) is 0. The molecule has 0 radical (unpaired) electrons. The Kier molecular flexibility index (Phi) is 3.72. The Morgan fingerprint density at radius 2 is 2.20 bits per heavy atom. The van der Waals surface area contributed by atoms with E-state index in [0.29, 0.717) is 5.92 Å². The highest BCUT2D eigenvalue weighted by Crippen LogP contribution is 2.30. The summed E-state index contributed by atoms with van der Waals surface area (Å²) in [6.07, 6.45) is 1.01. The SMILES string of the molecule is CCC(C)c1ccc(OC(C)=O)c(O)c1. The summed E-state index contributed by atoms with van der Waals surface area (Å²) in [4.78, 5) is 10.7. The smallest absolute Gasteiger partial charge is 0.308 e. The number of carbonyl (C=O) groups excluding carboxylic acids is 1. The second-order valence-electron chi connectivity index (χ2n) is 3.63. The van der Waals surface area contributed by atoms with E-state index < -0.39 is 5.97 Å². The Morgan fingerprint density at radius 3 is 2.67 bits per heavy atom. The van der Waals surface area contributed by atoms with E-state index in [1.807, 2.05) is 6.07 Å². The molecule has 3 heteroatoms. The Bertz CT molecular complexity index is 358. The van der Waals surface area contributed by atoms with Crippen molar-refractivity contribution in [3.8, 4) is 11.5 Å². The summed E-state index contributed by atoms with van der Waals surface area (Å²) in [5.74, 6) is 0.196. The second-order valence-corrected chi connectivity index (χ2v) is 3.63. The maximum atomic E-state index is 10.7. The number of phenolic OH excluding ortho intramolecular Hbond substituents is 1. The van der Waals surface area contributed by atoms with Crippen LogP contribution in [0.5, 0.6) is 11.5 Å². The number of esters is 1. The standard InChI is InChI=1S/C12H16O3/c1-4-8(2)10-5-6-12(11(14)7-10)15-9(3)13/h5-8,14H,4H2,1-3H3. The van der Waals surface area contributed by atoms with Gasteiger partial charge < -0.3 is 9.84 Å². The van der Waals surface area contributed by atoms with Crippen LogP contribution in [0.1, 0.15) is 38.7 Å². The fraction of sp³-hybridized carbons (Fsp3) is 0.417. The van der Waals surface area contributed by atoms with Gasteiger partial charge in [-0.3, -0.25) is 4.79 Å². The highest BCUT2D eigenvalue weighted by molar-refractivity contribution is 5.70. The molecule has 0 aromatic heterocycles. The Hall–Kier alpha value is -1.51. The third-order valence-corrected chi connectivity index (χ3v) is 2.42. The molecule has 1 rings (SSSR count). The Balaban J connectivity index is 2.92. The molecule has 3 nitrogen and oxygen atoms in total. The topological polar surface area (TPSA) is 46.5 Å². The van der Waals surface area contributed by atoms with Crippen molar-refractivity contribution in [1.29, 1.82) is 0 Å². The lowest BCUT2D eigenvalue weighted by molar-refractivity contribution is -0.132. The van der Waals surface area contributed by atoms with Crippen molar-refractivity contribution in [3.05, 3.63) is 23.8 Å². The molecule has 1 atom stereocenters. The summed E-state index contributed by atoms with van der Waals surface area (Å²) >= 11 is 0.